The van der Waals surface area contributed by atoms with E-state index >= 15 is 0 Å². The quantitative estimate of drug-likeness (QED) is 0.526. The monoisotopic (exact) mass is 522 g/mol. The molecule has 14 heteroatoms. The van der Waals surface area contributed by atoms with E-state index in [-0.39, 0.29) is 4.47 Å². The summed E-state index contributed by atoms with van der Waals surface area (Å²) in [6.07, 6.45) is -1.72. The Labute approximate surface area is 199 Å². The second kappa shape index (κ2) is 10.2. The molecule has 0 saturated heterocycles. The molecule has 192 valence electrons. The Kier molecular flexibility index (Phi) is 8.73. The van der Waals surface area contributed by atoms with Crippen molar-refractivity contribution in [2.24, 2.45) is 0 Å². The first-order chi connectivity index (χ1) is 15.1. The molecule has 0 unspecified atom stereocenters. The van der Waals surface area contributed by atoms with Crippen molar-refractivity contribution in [3.63, 3.8) is 0 Å². The zero-order chi connectivity index (χ0) is 26.7. The number of nitrogens with zero attached hydrogens (tertiary/aromatic N) is 2. The summed E-state index contributed by atoms with van der Waals surface area (Å²) < 4.78 is 60.5. The lowest BCUT2D eigenvalue weighted by molar-refractivity contribution is -0.167. The fourth-order valence-corrected chi connectivity index (χ4v) is 4.96. The molecule has 0 radical (unpaired) electrons. The van der Waals surface area contributed by atoms with Crippen LogP contribution in [0.3, 0.4) is 0 Å². The molecule has 0 fully saturated rings. The van der Waals surface area contributed by atoms with E-state index in [2.05, 4.69) is 0 Å². The Morgan fingerprint density at radius 2 is 1.26 bits per heavy atom. The van der Waals surface area contributed by atoms with Gasteiger partial charge < -0.3 is 19.2 Å². The molecule has 0 N–H and O–H groups in total. The van der Waals surface area contributed by atoms with Gasteiger partial charge in [-0.25, -0.2) is 22.8 Å². The fourth-order valence-electron chi connectivity index (χ4n) is 2.26. The van der Waals surface area contributed by atoms with Gasteiger partial charge in [0.25, 0.3) is 0 Å². The van der Waals surface area contributed by atoms with Gasteiger partial charge in [-0.15, -0.1) is 0 Å². The van der Waals surface area contributed by atoms with Crippen molar-refractivity contribution in [2.75, 3.05) is 19.8 Å². The van der Waals surface area contributed by atoms with Crippen LogP contribution in [0.15, 0.2) is 34.1 Å². The predicted molar refractivity (Wildman–Crippen MR) is 120 cm³/mol. The number of benzene rings is 1. The van der Waals surface area contributed by atoms with Crippen LogP contribution < -0.4 is 0 Å². The second-order valence-electron chi connectivity index (χ2n) is 9.23. The molecule has 2 amide bonds. The Morgan fingerprint density at radius 1 is 0.824 bits per heavy atom. The summed E-state index contributed by atoms with van der Waals surface area (Å²) >= 11 is 0. The molecule has 0 atom stereocenters. The molecule has 0 aliphatic rings. The third-order valence-corrected chi connectivity index (χ3v) is 6.40. The Bertz CT molecular complexity index is 1150. The second-order valence-corrected chi connectivity index (χ2v) is 12.9. The SMILES string of the molecule is CN(CC(=O)ON(C(=O)OC(C)(C)C)S(=O)(=O)c1ccccc1S(C)(=O)=O)C(=O)OC(C)(C)C. The number of amides is 2. The Morgan fingerprint density at radius 3 is 1.71 bits per heavy atom. The van der Waals surface area contributed by atoms with Crippen molar-refractivity contribution in [1.29, 1.82) is 0 Å². The van der Waals surface area contributed by atoms with Gasteiger partial charge in [-0.3, -0.25) is 0 Å². The minimum absolute atomic E-state index is 0.340. The maximum atomic E-state index is 13.2. The molecular weight excluding hydrogens is 492 g/mol. The summed E-state index contributed by atoms with van der Waals surface area (Å²) in [5.41, 5.74) is -2.06. The van der Waals surface area contributed by atoms with Crippen LogP contribution in [0, 0.1) is 0 Å². The molecular formula is C20H30N2O10S2. The summed E-state index contributed by atoms with van der Waals surface area (Å²) in [4.78, 5) is 41.4. The maximum Gasteiger partial charge on any atom is 0.459 e. The number of hydrogen-bond acceptors (Lipinski definition) is 10. The maximum absolute atomic E-state index is 13.2. The highest BCUT2D eigenvalue weighted by molar-refractivity contribution is 7.93. The highest BCUT2D eigenvalue weighted by Crippen LogP contribution is 2.26. The van der Waals surface area contributed by atoms with Crippen LogP contribution in [0.2, 0.25) is 0 Å². The smallest absolute Gasteiger partial charge is 0.444 e. The number of hydrogen-bond donors (Lipinski definition) is 0. The molecule has 34 heavy (non-hydrogen) atoms. The normalized spacial score (nSPS) is 12.5. The molecule has 0 heterocycles. The van der Waals surface area contributed by atoms with E-state index < -0.39 is 65.6 Å². The predicted octanol–water partition coefficient (Wildman–Crippen LogP) is 2.34. The van der Waals surface area contributed by atoms with Gasteiger partial charge in [0.15, 0.2) is 9.84 Å². The molecule has 0 aliphatic carbocycles. The average molecular weight is 523 g/mol. The molecule has 0 spiro atoms. The first kappa shape index (κ1) is 29.2. The van der Waals surface area contributed by atoms with Gasteiger partial charge in [-0.05, 0) is 58.1 Å². The summed E-state index contributed by atoms with van der Waals surface area (Å²) in [7, 11) is -7.92. The van der Waals surface area contributed by atoms with E-state index in [1.54, 1.807) is 20.8 Å². The average Bonchev–Trinajstić information content (AvgIpc) is 2.62. The molecule has 1 aromatic carbocycles. The van der Waals surface area contributed by atoms with Crippen LogP contribution in [-0.4, -0.2) is 75.4 Å². The van der Waals surface area contributed by atoms with E-state index in [1.165, 1.54) is 40.0 Å². The van der Waals surface area contributed by atoms with Crippen molar-refractivity contribution < 1.29 is 45.5 Å². The van der Waals surface area contributed by atoms with Gasteiger partial charge in [-0.1, -0.05) is 12.1 Å². The van der Waals surface area contributed by atoms with Crippen molar-refractivity contribution >= 4 is 38.0 Å². The van der Waals surface area contributed by atoms with Crippen molar-refractivity contribution in [3.8, 4) is 0 Å². The summed E-state index contributed by atoms with van der Waals surface area (Å²) in [5, 5.41) is 0. The molecule has 0 bridgehead atoms. The van der Waals surface area contributed by atoms with Crippen molar-refractivity contribution in [3.05, 3.63) is 24.3 Å². The topological polar surface area (TPSA) is 154 Å². The van der Waals surface area contributed by atoms with Crippen LogP contribution in [-0.2, 0) is 39.0 Å². The van der Waals surface area contributed by atoms with Gasteiger partial charge in [0.2, 0.25) is 0 Å². The number of ether oxygens (including phenoxy) is 2. The van der Waals surface area contributed by atoms with Crippen molar-refractivity contribution in [1.82, 2.24) is 9.37 Å². The molecule has 1 rings (SSSR count). The first-order valence-corrected chi connectivity index (χ1v) is 13.2. The van der Waals surface area contributed by atoms with E-state index in [0.717, 1.165) is 23.3 Å². The lowest BCUT2D eigenvalue weighted by Gasteiger charge is -2.27. The number of carbonyl (C=O) groups is 3. The molecule has 0 aromatic heterocycles. The van der Waals surface area contributed by atoms with Gasteiger partial charge in [-0.2, -0.15) is 8.42 Å². The van der Waals surface area contributed by atoms with E-state index in [1.807, 2.05) is 0 Å². The lowest BCUT2D eigenvalue weighted by atomic mass is 10.2. The molecule has 1 aromatic rings. The largest absolute Gasteiger partial charge is 0.459 e. The Balaban J connectivity index is 3.38. The van der Waals surface area contributed by atoms with Crippen LogP contribution >= 0.6 is 0 Å². The number of sulfone groups is 1. The van der Waals surface area contributed by atoms with Crippen LogP contribution in [0.1, 0.15) is 41.5 Å². The minimum atomic E-state index is -5.06. The van der Waals surface area contributed by atoms with Crippen LogP contribution in [0.25, 0.3) is 0 Å². The zero-order valence-corrected chi connectivity index (χ0v) is 21.9. The van der Waals surface area contributed by atoms with E-state index in [9.17, 15) is 31.2 Å². The van der Waals surface area contributed by atoms with Gasteiger partial charge in [0.05, 0.1) is 4.90 Å². The lowest BCUT2D eigenvalue weighted by Crippen LogP contribution is -2.45. The van der Waals surface area contributed by atoms with E-state index in [0.29, 0.717) is 0 Å². The third kappa shape index (κ3) is 8.48. The standard InChI is InChI=1S/C20H30N2O10S2/c1-19(2,3)30-17(24)21(7)13-16(23)32-22(18(25)31-20(4,5)6)34(28,29)15-12-10-9-11-14(15)33(8,26)27/h9-12H,13H2,1-8H3. The van der Waals surface area contributed by atoms with Gasteiger partial charge >= 0.3 is 28.2 Å². The third-order valence-electron chi connectivity index (χ3n) is 3.54. The number of hydroxylamine groups is 1. The van der Waals surface area contributed by atoms with E-state index in [4.69, 9.17) is 14.3 Å². The van der Waals surface area contributed by atoms with Crippen molar-refractivity contribution in [2.45, 2.75) is 62.5 Å². The van der Waals surface area contributed by atoms with Crippen LogP contribution in [0.4, 0.5) is 9.59 Å². The summed E-state index contributed by atoms with van der Waals surface area (Å²) in [6, 6.07) is 4.47. The Hall–Kier alpha value is -2.87. The van der Waals surface area contributed by atoms with Crippen LogP contribution in [0.5, 0.6) is 0 Å². The minimum Gasteiger partial charge on any atom is -0.444 e. The van der Waals surface area contributed by atoms with Gasteiger partial charge in [0, 0.05) is 13.3 Å². The highest BCUT2D eigenvalue weighted by Gasteiger charge is 2.40. The zero-order valence-electron chi connectivity index (χ0n) is 20.3. The number of sulfonamides is 1. The number of carbonyl (C=O) groups excluding carboxylic acids is 3. The molecule has 12 nitrogen and oxygen atoms in total. The molecule has 0 aliphatic heterocycles. The van der Waals surface area contributed by atoms with Gasteiger partial charge in [0.1, 0.15) is 22.6 Å². The molecule has 0 saturated carbocycles. The first-order valence-electron chi connectivity index (χ1n) is 9.87. The highest BCUT2D eigenvalue weighted by atomic mass is 32.2. The number of rotatable bonds is 5. The summed E-state index contributed by atoms with van der Waals surface area (Å²) in [5.74, 6) is -1.33. The number of likely N-dealkylation sites (N-methyl/N-ethyl adjacent to an activating group) is 1. The summed E-state index contributed by atoms with van der Waals surface area (Å²) in [6.45, 7) is 8.35. The fraction of sp³-hybridized carbons (Fsp3) is 0.550.